The van der Waals surface area contributed by atoms with E-state index < -0.39 is 11.6 Å². The van der Waals surface area contributed by atoms with Crippen molar-refractivity contribution in [3.63, 3.8) is 0 Å². The van der Waals surface area contributed by atoms with Crippen molar-refractivity contribution in [3.05, 3.63) is 90.5 Å². The molecule has 0 aliphatic heterocycles. The molecule has 0 atom stereocenters. The molecule has 0 unspecified atom stereocenters. The normalized spacial score (nSPS) is 10.9. The van der Waals surface area contributed by atoms with Gasteiger partial charge in [0.05, 0.1) is 6.61 Å². The minimum atomic E-state index is -0.928. The smallest absolute Gasteiger partial charge is 0.201 e. The lowest BCUT2D eigenvalue weighted by molar-refractivity contribution is 0.286. The molecule has 0 saturated carbocycles. The van der Waals surface area contributed by atoms with Crippen LogP contribution in [-0.2, 0) is 6.42 Å². The number of hydrogen-bond acceptors (Lipinski definition) is 1. The maximum atomic E-state index is 14.8. The van der Waals surface area contributed by atoms with Crippen LogP contribution in [0.4, 0.5) is 8.78 Å². The fourth-order valence-electron chi connectivity index (χ4n) is 4.25. The van der Waals surface area contributed by atoms with E-state index in [4.69, 9.17) is 4.74 Å². The Kier molecular flexibility index (Phi) is 11.0. The van der Waals surface area contributed by atoms with Gasteiger partial charge in [-0.1, -0.05) is 87.2 Å². The third kappa shape index (κ3) is 8.06. The summed E-state index contributed by atoms with van der Waals surface area (Å²) in [7, 11) is 0. The van der Waals surface area contributed by atoms with Crippen molar-refractivity contribution in [2.75, 3.05) is 6.61 Å². The Morgan fingerprint density at radius 2 is 1.31 bits per heavy atom. The van der Waals surface area contributed by atoms with Crippen LogP contribution in [0.25, 0.3) is 22.3 Å². The predicted octanol–water partition coefficient (Wildman–Crippen LogP) is 9.94. The highest BCUT2D eigenvalue weighted by Gasteiger charge is 2.16. The molecular weight excluding hydrogens is 438 g/mol. The summed E-state index contributed by atoms with van der Waals surface area (Å²) in [6, 6.07) is 19.4. The van der Waals surface area contributed by atoms with E-state index in [9.17, 15) is 8.78 Å². The molecule has 0 heterocycles. The van der Waals surface area contributed by atoms with Crippen LogP contribution in [-0.4, -0.2) is 6.61 Å². The van der Waals surface area contributed by atoms with Gasteiger partial charge in [-0.2, -0.15) is 4.39 Å². The highest BCUT2D eigenvalue weighted by atomic mass is 19.2. The largest absolute Gasteiger partial charge is 0.490 e. The molecule has 0 saturated heterocycles. The number of unbranched alkanes of at least 4 members (excludes halogenated alkanes) is 7. The van der Waals surface area contributed by atoms with Gasteiger partial charge in [-0.15, -0.1) is 6.58 Å². The first-order valence-corrected chi connectivity index (χ1v) is 13.1. The SMILES string of the molecule is C=CCCCCCOc1ccc(-c2ccc(-c3ccc(CCCCCCC)cc3)cc2)c(F)c1F. The highest BCUT2D eigenvalue weighted by Crippen LogP contribution is 2.31. The molecule has 3 rings (SSSR count). The van der Waals surface area contributed by atoms with Crippen molar-refractivity contribution in [1.29, 1.82) is 0 Å². The Hall–Kier alpha value is -2.94. The van der Waals surface area contributed by atoms with Gasteiger partial charge in [0.2, 0.25) is 5.82 Å². The summed E-state index contributed by atoms with van der Waals surface area (Å²) in [4.78, 5) is 0. The predicted molar refractivity (Wildman–Crippen MR) is 144 cm³/mol. The van der Waals surface area contributed by atoms with Gasteiger partial charge in [0.25, 0.3) is 0 Å². The van der Waals surface area contributed by atoms with Crippen LogP contribution in [0, 0.1) is 11.6 Å². The fraction of sp³-hybridized carbons (Fsp3) is 0.375. The second-order valence-electron chi connectivity index (χ2n) is 9.16. The Morgan fingerprint density at radius 3 is 2.00 bits per heavy atom. The van der Waals surface area contributed by atoms with E-state index in [-0.39, 0.29) is 11.3 Å². The molecule has 3 heteroatoms. The Labute approximate surface area is 209 Å². The van der Waals surface area contributed by atoms with Crippen LogP contribution in [0.5, 0.6) is 5.75 Å². The molecule has 35 heavy (non-hydrogen) atoms. The molecule has 186 valence electrons. The van der Waals surface area contributed by atoms with Crippen molar-refractivity contribution >= 4 is 0 Å². The quantitative estimate of drug-likeness (QED) is 0.157. The van der Waals surface area contributed by atoms with E-state index in [0.29, 0.717) is 12.2 Å². The second-order valence-corrected chi connectivity index (χ2v) is 9.16. The number of ether oxygens (including phenoxy) is 1. The lowest BCUT2D eigenvalue weighted by Crippen LogP contribution is -2.01. The number of aryl methyl sites for hydroxylation is 1. The van der Waals surface area contributed by atoms with Crippen molar-refractivity contribution < 1.29 is 13.5 Å². The molecule has 3 aromatic rings. The first-order valence-electron chi connectivity index (χ1n) is 13.1. The van der Waals surface area contributed by atoms with Gasteiger partial charge >= 0.3 is 0 Å². The summed E-state index contributed by atoms with van der Waals surface area (Å²) >= 11 is 0. The van der Waals surface area contributed by atoms with Crippen molar-refractivity contribution in [1.82, 2.24) is 0 Å². The summed E-state index contributed by atoms with van der Waals surface area (Å²) in [6.07, 6.45) is 13.2. The van der Waals surface area contributed by atoms with E-state index in [1.165, 1.54) is 43.7 Å². The zero-order chi connectivity index (χ0) is 24.9. The van der Waals surface area contributed by atoms with E-state index in [0.717, 1.165) is 43.2 Å². The second kappa shape index (κ2) is 14.5. The number of rotatable bonds is 15. The van der Waals surface area contributed by atoms with E-state index in [1.54, 1.807) is 6.07 Å². The fourth-order valence-corrected chi connectivity index (χ4v) is 4.25. The van der Waals surface area contributed by atoms with Gasteiger partial charge in [-0.3, -0.25) is 0 Å². The Morgan fingerprint density at radius 1 is 0.686 bits per heavy atom. The standard InChI is InChI=1S/C32H38F2O/c1-3-5-7-9-11-13-25-14-16-26(17-15-25)27-18-20-28(21-19-27)29-22-23-30(32(34)31(29)33)35-24-12-10-8-6-4-2/h4,14-23H,2-3,5-13,24H2,1H3. The van der Waals surface area contributed by atoms with Crippen molar-refractivity contribution in [3.8, 4) is 28.0 Å². The van der Waals surface area contributed by atoms with Crippen LogP contribution in [0.3, 0.4) is 0 Å². The Bertz CT molecular complexity index is 1040. The minimum Gasteiger partial charge on any atom is -0.490 e. The third-order valence-corrected chi connectivity index (χ3v) is 6.41. The number of hydrogen-bond donors (Lipinski definition) is 0. The topological polar surface area (TPSA) is 9.23 Å². The molecule has 1 nitrogen and oxygen atoms in total. The van der Waals surface area contributed by atoms with E-state index in [1.807, 2.05) is 30.3 Å². The molecular formula is C32H38F2O. The zero-order valence-electron chi connectivity index (χ0n) is 21.0. The number of allylic oxidation sites excluding steroid dienone is 1. The molecule has 3 aromatic carbocycles. The molecule has 0 fully saturated rings. The molecule has 0 bridgehead atoms. The molecule has 0 radical (unpaired) electrons. The van der Waals surface area contributed by atoms with Crippen LogP contribution in [0.15, 0.2) is 73.3 Å². The molecule has 0 N–H and O–H groups in total. The molecule has 0 aliphatic rings. The van der Waals surface area contributed by atoms with Gasteiger partial charge < -0.3 is 4.74 Å². The molecule has 0 aliphatic carbocycles. The summed E-state index contributed by atoms with van der Waals surface area (Å²) in [5.74, 6) is -1.83. The van der Waals surface area contributed by atoms with Crippen molar-refractivity contribution in [2.24, 2.45) is 0 Å². The van der Waals surface area contributed by atoms with E-state index >= 15 is 0 Å². The van der Waals surface area contributed by atoms with Gasteiger partial charge in [0.1, 0.15) is 0 Å². The summed E-state index contributed by atoms with van der Waals surface area (Å²) in [6.45, 7) is 6.31. The first-order chi connectivity index (χ1) is 17.1. The molecule has 0 aromatic heterocycles. The average molecular weight is 477 g/mol. The average Bonchev–Trinajstić information content (AvgIpc) is 2.89. The van der Waals surface area contributed by atoms with Crippen LogP contribution in [0.2, 0.25) is 0 Å². The minimum absolute atomic E-state index is 0.0305. The monoisotopic (exact) mass is 476 g/mol. The Balaban J connectivity index is 1.59. The lowest BCUT2D eigenvalue weighted by Gasteiger charge is -2.11. The van der Waals surface area contributed by atoms with Gasteiger partial charge in [-0.25, -0.2) is 4.39 Å². The molecule has 0 amide bonds. The van der Waals surface area contributed by atoms with Gasteiger partial charge in [0, 0.05) is 5.56 Å². The van der Waals surface area contributed by atoms with Crippen LogP contribution >= 0.6 is 0 Å². The highest BCUT2D eigenvalue weighted by molar-refractivity contribution is 5.71. The van der Waals surface area contributed by atoms with Crippen LogP contribution < -0.4 is 4.74 Å². The van der Waals surface area contributed by atoms with E-state index in [2.05, 4.69) is 37.8 Å². The third-order valence-electron chi connectivity index (χ3n) is 6.41. The summed E-state index contributed by atoms with van der Waals surface area (Å²) in [5, 5.41) is 0. The summed E-state index contributed by atoms with van der Waals surface area (Å²) < 4.78 is 34.9. The summed E-state index contributed by atoms with van der Waals surface area (Å²) in [5.41, 5.74) is 4.42. The zero-order valence-corrected chi connectivity index (χ0v) is 21.0. The van der Waals surface area contributed by atoms with Gasteiger partial charge in [-0.05, 0) is 72.9 Å². The van der Waals surface area contributed by atoms with Crippen molar-refractivity contribution in [2.45, 2.75) is 71.1 Å². The maximum absolute atomic E-state index is 14.8. The number of benzene rings is 3. The molecule has 0 spiro atoms. The maximum Gasteiger partial charge on any atom is 0.201 e. The lowest BCUT2D eigenvalue weighted by atomic mass is 9.98. The van der Waals surface area contributed by atoms with Gasteiger partial charge in [0.15, 0.2) is 11.6 Å². The first kappa shape index (κ1) is 26.7. The van der Waals surface area contributed by atoms with Crippen LogP contribution in [0.1, 0.15) is 70.3 Å². The number of halogens is 2.